The van der Waals surface area contributed by atoms with Crippen molar-refractivity contribution in [3.05, 3.63) is 83.3 Å². The second-order valence-electron chi connectivity index (χ2n) is 9.13. The van der Waals surface area contributed by atoms with E-state index in [1.54, 1.807) is 0 Å². The zero-order valence-electron chi connectivity index (χ0n) is 19.1. The van der Waals surface area contributed by atoms with Crippen molar-refractivity contribution in [1.29, 1.82) is 0 Å². The molecular weight excluding hydrogens is 382 g/mol. The number of benzene rings is 2. The summed E-state index contributed by atoms with van der Waals surface area (Å²) in [4.78, 5) is 9.37. The highest BCUT2D eigenvalue weighted by Crippen LogP contribution is 2.42. The summed E-state index contributed by atoms with van der Waals surface area (Å²) in [6.07, 6.45) is 4.53. The number of furan rings is 1. The van der Waals surface area contributed by atoms with Crippen molar-refractivity contribution in [2.45, 2.75) is 53.2 Å². The predicted octanol–water partition coefficient (Wildman–Crippen LogP) is 6.78. The van der Waals surface area contributed by atoms with Gasteiger partial charge in [-0.2, -0.15) is 0 Å². The largest absolute Gasteiger partial charge is 0.435 e. The molecular formula is C27H29N3O. The Labute approximate surface area is 183 Å². The molecule has 31 heavy (non-hydrogen) atoms. The van der Waals surface area contributed by atoms with E-state index in [9.17, 15) is 0 Å². The molecule has 1 aliphatic heterocycles. The van der Waals surface area contributed by atoms with Gasteiger partial charge in [-0.25, -0.2) is 4.98 Å². The summed E-state index contributed by atoms with van der Waals surface area (Å²) in [6, 6.07) is 17.1. The number of rotatable bonds is 3. The van der Waals surface area contributed by atoms with E-state index < -0.39 is 0 Å². The number of anilines is 1. The van der Waals surface area contributed by atoms with Gasteiger partial charge in [-0.1, -0.05) is 36.4 Å². The van der Waals surface area contributed by atoms with Gasteiger partial charge in [-0.05, 0) is 70.4 Å². The fraction of sp³-hybridized carbons (Fsp3) is 0.296. The van der Waals surface area contributed by atoms with Crippen molar-refractivity contribution >= 4 is 27.8 Å². The first-order valence-corrected chi connectivity index (χ1v) is 10.9. The van der Waals surface area contributed by atoms with Crippen LogP contribution in [0.25, 0.3) is 22.1 Å². The Morgan fingerprint density at radius 2 is 1.61 bits per heavy atom. The third-order valence-electron chi connectivity index (χ3n) is 6.72. The fourth-order valence-corrected chi connectivity index (χ4v) is 5.06. The summed E-state index contributed by atoms with van der Waals surface area (Å²) in [5.74, 6) is 0. The van der Waals surface area contributed by atoms with Crippen molar-refractivity contribution in [1.82, 2.24) is 9.88 Å². The molecule has 1 atom stereocenters. The van der Waals surface area contributed by atoms with E-state index in [0.717, 1.165) is 27.7 Å². The lowest BCUT2D eigenvalue weighted by Crippen LogP contribution is -2.46. The van der Waals surface area contributed by atoms with Crippen LogP contribution in [0.5, 0.6) is 0 Å². The van der Waals surface area contributed by atoms with Crippen LogP contribution >= 0.6 is 0 Å². The van der Waals surface area contributed by atoms with E-state index in [0.29, 0.717) is 5.71 Å². The molecule has 4 nitrogen and oxygen atoms in total. The molecule has 0 aliphatic carbocycles. The van der Waals surface area contributed by atoms with Gasteiger partial charge in [0.1, 0.15) is 6.17 Å². The van der Waals surface area contributed by atoms with Gasteiger partial charge in [0.05, 0.1) is 11.2 Å². The number of aromatic nitrogens is 1. The van der Waals surface area contributed by atoms with Crippen LogP contribution in [0.15, 0.2) is 65.3 Å². The molecule has 0 amide bonds. The summed E-state index contributed by atoms with van der Waals surface area (Å²) in [5, 5.41) is 2.18. The highest BCUT2D eigenvalue weighted by molar-refractivity contribution is 6.08. The summed E-state index contributed by atoms with van der Waals surface area (Å²) in [6.45, 7) is 13.2. The van der Waals surface area contributed by atoms with Crippen LogP contribution in [-0.2, 0) is 5.54 Å². The van der Waals surface area contributed by atoms with E-state index in [1.165, 1.54) is 16.7 Å². The zero-order valence-corrected chi connectivity index (χ0v) is 19.1. The highest BCUT2D eigenvalue weighted by atomic mass is 16.3. The maximum Gasteiger partial charge on any atom is 0.227 e. The Bertz CT molecular complexity index is 1330. The van der Waals surface area contributed by atoms with Crippen LogP contribution in [0, 0.1) is 20.8 Å². The molecule has 4 heteroatoms. The molecule has 2 aromatic heterocycles. The van der Waals surface area contributed by atoms with Gasteiger partial charge >= 0.3 is 0 Å². The minimum atomic E-state index is -0.148. The SMILES string of the molecule is Cc1ccc2c(n1)oc1c(N3C=CN(C(C)(C)c4ccccc4C)[C@@H]3C)c(C)ccc12. The van der Waals surface area contributed by atoms with Gasteiger partial charge in [-0.3, -0.25) is 0 Å². The van der Waals surface area contributed by atoms with Gasteiger partial charge in [0, 0.05) is 28.9 Å². The molecule has 0 bridgehead atoms. The quantitative estimate of drug-likeness (QED) is 0.372. The zero-order chi connectivity index (χ0) is 21.9. The van der Waals surface area contributed by atoms with Gasteiger partial charge in [0.2, 0.25) is 5.71 Å². The van der Waals surface area contributed by atoms with Crippen LogP contribution < -0.4 is 4.90 Å². The highest BCUT2D eigenvalue weighted by Gasteiger charge is 2.37. The van der Waals surface area contributed by atoms with E-state index >= 15 is 0 Å². The minimum absolute atomic E-state index is 0.141. The monoisotopic (exact) mass is 411 g/mol. The molecule has 0 saturated heterocycles. The van der Waals surface area contributed by atoms with Crippen LogP contribution in [-0.4, -0.2) is 16.0 Å². The molecule has 158 valence electrons. The number of fused-ring (bicyclic) bond motifs is 3. The van der Waals surface area contributed by atoms with Gasteiger partial charge in [0.15, 0.2) is 5.58 Å². The smallest absolute Gasteiger partial charge is 0.227 e. The lowest BCUT2D eigenvalue weighted by molar-refractivity contribution is 0.152. The molecule has 0 unspecified atom stereocenters. The van der Waals surface area contributed by atoms with Crippen LogP contribution in [0.1, 0.15) is 43.2 Å². The number of nitrogens with zero attached hydrogens (tertiary/aromatic N) is 3. The van der Waals surface area contributed by atoms with Crippen molar-refractivity contribution in [3.8, 4) is 0 Å². The van der Waals surface area contributed by atoms with E-state index in [2.05, 4.69) is 104 Å². The number of hydrogen-bond acceptors (Lipinski definition) is 4. The molecule has 2 aromatic carbocycles. The van der Waals surface area contributed by atoms with Crippen molar-refractivity contribution in [2.75, 3.05) is 4.90 Å². The van der Waals surface area contributed by atoms with Gasteiger partial charge in [-0.15, -0.1) is 0 Å². The third-order valence-corrected chi connectivity index (χ3v) is 6.72. The number of aryl methyl sites for hydroxylation is 3. The second kappa shape index (κ2) is 6.88. The van der Waals surface area contributed by atoms with Crippen LogP contribution in [0.2, 0.25) is 0 Å². The van der Waals surface area contributed by atoms with Gasteiger partial charge < -0.3 is 14.2 Å². The number of hydrogen-bond donors (Lipinski definition) is 0. The van der Waals surface area contributed by atoms with Crippen LogP contribution in [0.3, 0.4) is 0 Å². The molecule has 3 heterocycles. The maximum atomic E-state index is 6.33. The van der Waals surface area contributed by atoms with Crippen LogP contribution in [0.4, 0.5) is 5.69 Å². The molecule has 0 radical (unpaired) electrons. The first-order valence-electron chi connectivity index (χ1n) is 10.9. The average Bonchev–Trinajstić information content (AvgIpc) is 3.28. The summed E-state index contributed by atoms with van der Waals surface area (Å²) in [5.41, 5.74) is 7.37. The third kappa shape index (κ3) is 2.93. The first-order chi connectivity index (χ1) is 14.8. The maximum absolute atomic E-state index is 6.33. The average molecular weight is 412 g/mol. The summed E-state index contributed by atoms with van der Waals surface area (Å²) in [7, 11) is 0. The minimum Gasteiger partial charge on any atom is -0.435 e. The molecule has 0 saturated carbocycles. The Kier molecular flexibility index (Phi) is 4.37. The topological polar surface area (TPSA) is 32.5 Å². The lowest BCUT2D eigenvalue weighted by Gasteiger charge is -2.42. The summed E-state index contributed by atoms with van der Waals surface area (Å²) < 4.78 is 6.33. The molecule has 0 fully saturated rings. The predicted molar refractivity (Wildman–Crippen MR) is 128 cm³/mol. The number of pyridine rings is 1. The molecule has 1 aliphatic rings. The Morgan fingerprint density at radius 1 is 0.871 bits per heavy atom. The van der Waals surface area contributed by atoms with E-state index in [-0.39, 0.29) is 11.7 Å². The molecule has 5 rings (SSSR count). The second-order valence-corrected chi connectivity index (χ2v) is 9.13. The van der Waals surface area contributed by atoms with E-state index in [1.807, 2.05) is 13.0 Å². The Hall–Kier alpha value is -3.27. The Morgan fingerprint density at radius 3 is 2.39 bits per heavy atom. The molecule has 4 aromatic rings. The molecule has 0 N–H and O–H groups in total. The van der Waals surface area contributed by atoms with Crippen molar-refractivity contribution in [3.63, 3.8) is 0 Å². The molecule has 0 spiro atoms. The standard InChI is InChI=1S/C27H29N3O/c1-17-9-7-8-10-23(17)27(5,6)30-16-15-29(20(30)4)24-18(2)11-13-21-22-14-12-19(3)28-26(22)31-25(21)24/h7-16,20H,1-6H3/t20-/m1/s1. The summed E-state index contributed by atoms with van der Waals surface area (Å²) >= 11 is 0. The van der Waals surface area contributed by atoms with Crippen molar-refractivity contribution < 1.29 is 4.42 Å². The fourth-order valence-electron chi connectivity index (χ4n) is 5.06. The van der Waals surface area contributed by atoms with Gasteiger partial charge in [0.25, 0.3) is 0 Å². The van der Waals surface area contributed by atoms with Crippen molar-refractivity contribution in [2.24, 2.45) is 0 Å². The normalized spacial score (nSPS) is 16.8. The van der Waals surface area contributed by atoms with E-state index in [4.69, 9.17) is 4.42 Å². The lowest BCUT2D eigenvalue weighted by atomic mass is 9.88. The first kappa shape index (κ1) is 19.7. The Balaban J connectivity index is 1.61.